The van der Waals surface area contributed by atoms with Gasteiger partial charge in [-0.2, -0.15) is 0 Å². The molecule has 4 rings (SSSR count). The Hall–Kier alpha value is -2.84. The molecule has 7 nitrogen and oxygen atoms in total. The minimum atomic E-state index is -0.461. The summed E-state index contributed by atoms with van der Waals surface area (Å²) in [6, 6.07) is 4.61. The minimum absolute atomic E-state index is 0.226. The molecule has 2 heterocycles. The lowest BCUT2D eigenvalue weighted by molar-refractivity contribution is -0.118. The summed E-state index contributed by atoms with van der Waals surface area (Å²) in [5, 5.41) is 4.27. The van der Waals surface area contributed by atoms with Gasteiger partial charge in [0.2, 0.25) is 0 Å². The number of amides is 1. The van der Waals surface area contributed by atoms with Gasteiger partial charge < -0.3 is 19.2 Å². The van der Waals surface area contributed by atoms with Gasteiger partial charge in [0.15, 0.2) is 6.61 Å². The predicted octanol–water partition coefficient (Wildman–Crippen LogP) is 4.75. The lowest BCUT2D eigenvalue weighted by Gasteiger charge is -2.12. The first-order valence-electron chi connectivity index (χ1n) is 10.3. The van der Waals surface area contributed by atoms with Crippen LogP contribution < -0.4 is 15.7 Å². The zero-order chi connectivity index (χ0) is 22.8. The molecule has 0 saturated carbocycles. The molecule has 0 radical (unpaired) electrons. The summed E-state index contributed by atoms with van der Waals surface area (Å²) in [6.07, 6.45) is 4.38. The smallest absolute Gasteiger partial charge is 0.341 e. The number of carbonyl (C=O) groups excluding carboxylic acids is 2. The monoisotopic (exact) mass is 475 g/mol. The highest BCUT2D eigenvalue weighted by Gasteiger charge is 2.27. The van der Waals surface area contributed by atoms with Gasteiger partial charge in [-0.3, -0.25) is 4.79 Å². The van der Waals surface area contributed by atoms with Crippen LogP contribution in [0.5, 0.6) is 5.75 Å². The number of aryl methyl sites for hydroxylation is 2. The van der Waals surface area contributed by atoms with Gasteiger partial charge in [0.05, 0.1) is 17.7 Å². The summed E-state index contributed by atoms with van der Waals surface area (Å²) in [6.45, 7) is 1.61. The van der Waals surface area contributed by atoms with E-state index in [-0.39, 0.29) is 12.4 Å². The number of nitrogens with one attached hydrogen (secondary N) is 1. The molecule has 0 aliphatic heterocycles. The Bertz CT molecular complexity index is 1260. The first-order chi connectivity index (χ1) is 15.4. The second-order valence-electron chi connectivity index (χ2n) is 7.47. The van der Waals surface area contributed by atoms with E-state index in [0.29, 0.717) is 27.6 Å². The highest BCUT2D eigenvalue weighted by atomic mass is 35.5. The molecule has 1 N–H and O–H groups in total. The van der Waals surface area contributed by atoms with Gasteiger partial charge in [-0.05, 0) is 49.3 Å². The van der Waals surface area contributed by atoms with Crippen LogP contribution in [-0.2, 0) is 28.8 Å². The van der Waals surface area contributed by atoms with Crippen LogP contribution in [0.1, 0.15) is 46.1 Å². The van der Waals surface area contributed by atoms with Crippen LogP contribution in [0.15, 0.2) is 27.4 Å². The number of ether oxygens (including phenoxy) is 2. The molecule has 0 fully saturated rings. The SMILES string of the molecule is CCc1cc(=O)oc2cc(OCC(=O)Nc3sc4c(c3C(=O)OC)CCCC4)c(Cl)cc12. The summed E-state index contributed by atoms with van der Waals surface area (Å²) in [4.78, 5) is 37.8. The van der Waals surface area contributed by atoms with Crippen molar-refractivity contribution >= 4 is 50.8 Å². The molecule has 9 heteroatoms. The van der Waals surface area contributed by atoms with E-state index in [4.69, 9.17) is 25.5 Å². The van der Waals surface area contributed by atoms with Crippen LogP contribution in [0.25, 0.3) is 11.0 Å². The third kappa shape index (κ3) is 4.38. The van der Waals surface area contributed by atoms with Gasteiger partial charge in [0.25, 0.3) is 5.91 Å². The van der Waals surface area contributed by atoms with E-state index in [9.17, 15) is 14.4 Å². The van der Waals surface area contributed by atoms with Crippen LogP contribution in [0.3, 0.4) is 0 Å². The summed E-state index contributed by atoms with van der Waals surface area (Å²) in [7, 11) is 1.33. The lowest BCUT2D eigenvalue weighted by Crippen LogP contribution is -2.21. The molecule has 2 aromatic heterocycles. The molecule has 1 aromatic carbocycles. The van der Waals surface area contributed by atoms with Crippen molar-refractivity contribution in [2.45, 2.75) is 39.0 Å². The van der Waals surface area contributed by atoms with Gasteiger partial charge in [0.1, 0.15) is 16.3 Å². The molecule has 0 saturated heterocycles. The summed E-state index contributed by atoms with van der Waals surface area (Å²) < 4.78 is 15.8. The number of thiophene rings is 1. The predicted molar refractivity (Wildman–Crippen MR) is 123 cm³/mol. The number of anilines is 1. The number of benzene rings is 1. The number of esters is 1. The second kappa shape index (κ2) is 9.34. The van der Waals surface area contributed by atoms with E-state index in [1.807, 2.05) is 6.92 Å². The Balaban J connectivity index is 1.53. The van der Waals surface area contributed by atoms with Crippen molar-refractivity contribution in [2.75, 3.05) is 19.0 Å². The van der Waals surface area contributed by atoms with E-state index >= 15 is 0 Å². The normalized spacial score (nSPS) is 13.0. The second-order valence-corrected chi connectivity index (χ2v) is 8.98. The van der Waals surface area contributed by atoms with Crippen LogP contribution in [0, 0.1) is 0 Å². The minimum Gasteiger partial charge on any atom is -0.482 e. The van der Waals surface area contributed by atoms with E-state index in [0.717, 1.165) is 47.1 Å². The zero-order valence-corrected chi connectivity index (χ0v) is 19.3. The maximum Gasteiger partial charge on any atom is 0.341 e. The molecule has 168 valence electrons. The molecule has 0 atom stereocenters. The van der Waals surface area contributed by atoms with E-state index in [1.165, 1.54) is 30.6 Å². The number of rotatable bonds is 6. The molecule has 0 unspecified atom stereocenters. The van der Waals surface area contributed by atoms with Gasteiger partial charge >= 0.3 is 11.6 Å². The average molecular weight is 476 g/mol. The number of hydrogen-bond acceptors (Lipinski definition) is 7. The summed E-state index contributed by atoms with van der Waals surface area (Å²) in [5.41, 5.74) is 2.09. The highest BCUT2D eigenvalue weighted by molar-refractivity contribution is 7.17. The van der Waals surface area contributed by atoms with Crippen LogP contribution in [0.4, 0.5) is 5.00 Å². The van der Waals surface area contributed by atoms with Crippen molar-refractivity contribution in [1.82, 2.24) is 0 Å². The Labute approximate surface area is 193 Å². The van der Waals surface area contributed by atoms with Crippen LogP contribution >= 0.6 is 22.9 Å². The number of hydrogen-bond donors (Lipinski definition) is 1. The quantitative estimate of drug-likeness (QED) is 0.408. The molecular formula is C23H22ClNO6S. The molecule has 0 spiro atoms. The van der Waals surface area contributed by atoms with Crippen molar-refractivity contribution in [3.63, 3.8) is 0 Å². The van der Waals surface area contributed by atoms with Gasteiger partial charge in [-0.25, -0.2) is 9.59 Å². The standard InChI is InChI=1S/C23H22ClNO6S/c1-3-12-8-20(27)31-16-10-17(15(24)9-14(12)16)30-11-19(26)25-22-21(23(28)29-2)13-6-4-5-7-18(13)32-22/h8-10H,3-7,11H2,1-2H3,(H,25,26). The van der Waals surface area contributed by atoms with Crippen molar-refractivity contribution in [1.29, 1.82) is 0 Å². The third-order valence-electron chi connectivity index (χ3n) is 5.44. The fourth-order valence-electron chi connectivity index (χ4n) is 3.91. The van der Waals surface area contributed by atoms with Crippen molar-refractivity contribution in [3.05, 3.63) is 55.2 Å². The average Bonchev–Trinajstić information content (AvgIpc) is 3.14. The van der Waals surface area contributed by atoms with Crippen LogP contribution in [-0.4, -0.2) is 25.6 Å². The first-order valence-corrected chi connectivity index (χ1v) is 11.5. The Morgan fingerprint density at radius 2 is 2.00 bits per heavy atom. The lowest BCUT2D eigenvalue weighted by atomic mass is 9.95. The van der Waals surface area contributed by atoms with Gasteiger partial charge in [0, 0.05) is 22.4 Å². The van der Waals surface area contributed by atoms with E-state index < -0.39 is 17.5 Å². The van der Waals surface area contributed by atoms with E-state index in [2.05, 4.69) is 5.32 Å². The molecule has 0 bridgehead atoms. The number of halogens is 1. The molecule has 3 aromatic rings. The molecule has 32 heavy (non-hydrogen) atoms. The molecule has 1 amide bonds. The van der Waals surface area contributed by atoms with Crippen molar-refractivity contribution in [2.24, 2.45) is 0 Å². The Morgan fingerprint density at radius 3 is 2.75 bits per heavy atom. The van der Waals surface area contributed by atoms with Crippen LogP contribution in [0.2, 0.25) is 5.02 Å². The summed E-state index contributed by atoms with van der Waals surface area (Å²) >= 11 is 7.74. The fraction of sp³-hybridized carbons (Fsp3) is 0.348. The first kappa shape index (κ1) is 22.4. The Kier molecular flexibility index (Phi) is 6.53. The highest BCUT2D eigenvalue weighted by Crippen LogP contribution is 2.38. The zero-order valence-electron chi connectivity index (χ0n) is 17.7. The third-order valence-corrected chi connectivity index (χ3v) is 6.94. The maximum absolute atomic E-state index is 12.6. The molecule has 1 aliphatic rings. The van der Waals surface area contributed by atoms with Crippen molar-refractivity contribution < 1.29 is 23.5 Å². The largest absolute Gasteiger partial charge is 0.482 e. The van der Waals surface area contributed by atoms with Gasteiger partial charge in [-0.15, -0.1) is 11.3 Å². The molecule has 1 aliphatic carbocycles. The number of carbonyl (C=O) groups is 2. The number of methoxy groups -OCH3 is 1. The number of fused-ring (bicyclic) bond motifs is 2. The summed E-state index contributed by atoms with van der Waals surface area (Å²) in [5.74, 6) is -0.669. The fourth-order valence-corrected chi connectivity index (χ4v) is 5.42. The van der Waals surface area contributed by atoms with Gasteiger partial charge in [-0.1, -0.05) is 18.5 Å². The molecular weight excluding hydrogens is 454 g/mol. The van der Waals surface area contributed by atoms with E-state index in [1.54, 1.807) is 6.07 Å². The Morgan fingerprint density at radius 1 is 1.22 bits per heavy atom. The maximum atomic E-state index is 12.6. The topological polar surface area (TPSA) is 94.8 Å². The van der Waals surface area contributed by atoms with Crippen molar-refractivity contribution in [3.8, 4) is 5.75 Å².